The fourth-order valence-electron chi connectivity index (χ4n) is 3.86. The van der Waals surface area contributed by atoms with E-state index in [9.17, 15) is 4.79 Å². The highest BCUT2D eigenvalue weighted by molar-refractivity contribution is 5.95. The van der Waals surface area contributed by atoms with Crippen LogP contribution in [0.25, 0.3) is 11.1 Å². The number of carbonyl (C=O) groups excluding carboxylic acids is 1. The predicted octanol–water partition coefficient (Wildman–Crippen LogP) is 3.08. The molecule has 0 aliphatic carbocycles. The lowest BCUT2D eigenvalue weighted by atomic mass is 9.90. The molecule has 7 heteroatoms. The molecule has 0 aromatic carbocycles. The summed E-state index contributed by atoms with van der Waals surface area (Å²) in [7, 11) is 0. The predicted molar refractivity (Wildman–Crippen MR) is 106 cm³/mol. The molecular formula is C21H24N6O. The molecule has 1 atom stereocenters. The third kappa shape index (κ3) is 3.52. The van der Waals surface area contributed by atoms with Gasteiger partial charge in [-0.1, -0.05) is 0 Å². The summed E-state index contributed by atoms with van der Waals surface area (Å²) in [6.07, 6.45) is 10.8. The Bertz CT molecular complexity index is 968. The molecule has 0 bridgehead atoms. The Hall–Kier alpha value is -3.09. The lowest BCUT2D eigenvalue weighted by molar-refractivity contribution is 0.0705. The lowest BCUT2D eigenvalue weighted by Crippen LogP contribution is -2.39. The molecular weight excluding hydrogens is 352 g/mol. The van der Waals surface area contributed by atoms with Gasteiger partial charge in [0, 0.05) is 55.9 Å². The molecule has 0 unspecified atom stereocenters. The van der Waals surface area contributed by atoms with Crippen molar-refractivity contribution >= 4 is 5.91 Å². The van der Waals surface area contributed by atoms with E-state index in [1.165, 1.54) is 0 Å². The van der Waals surface area contributed by atoms with Gasteiger partial charge in [0.15, 0.2) is 0 Å². The van der Waals surface area contributed by atoms with Crippen molar-refractivity contribution in [3.63, 3.8) is 0 Å². The molecule has 0 radical (unpaired) electrons. The number of aromatic nitrogens is 5. The van der Waals surface area contributed by atoms with Gasteiger partial charge < -0.3 is 4.90 Å². The summed E-state index contributed by atoms with van der Waals surface area (Å²) in [5, 5.41) is 4.42. The van der Waals surface area contributed by atoms with E-state index in [0.29, 0.717) is 12.1 Å². The van der Waals surface area contributed by atoms with Crippen molar-refractivity contribution in [3.05, 3.63) is 60.2 Å². The van der Waals surface area contributed by atoms with Crippen LogP contribution >= 0.6 is 0 Å². The monoisotopic (exact) mass is 376 g/mol. The van der Waals surface area contributed by atoms with Gasteiger partial charge in [-0.15, -0.1) is 0 Å². The summed E-state index contributed by atoms with van der Waals surface area (Å²) in [5.41, 5.74) is 4.54. The van der Waals surface area contributed by atoms with Gasteiger partial charge in [0.1, 0.15) is 6.33 Å². The quantitative estimate of drug-likeness (QED) is 0.699. The van der Waals surface area contributed by atoms with Gasteiger partial charge in [0.05, 0.1) is 17.0 Å². The van der Waals surface area contributed by atoms with Crippen molar-refractivity contribution in [1.82, 2.24) is 29.6 Å². The largest absolute Gasteiger partial charge is 0.338 e. The Balaban J connectivity index is 1.60. The number of pyridine rings is 1. The minimum atomic E-state index is 0.0569. The van der Waals surface area contributed by atoms with Crippen LogP contribution in [0.15, 0.2) is 43.2 Å². The zero-order valence-corrected chi connectivity index (χ0v) is 16.2. The number of hydrogen-bond donors (Lipinski definition) is 0. The van der Waals surface area contributed by atoms with Crippen LogP contribution < -0.4 is 0 Å². The van der Waals surface area contributed by atoms with Crippen LogP contribution in [0.2, 0.25) is 0 Å². The number of nitrogens with zero attached hydrogens (tertiary/aromatic N) is 6. The number of likely N-dealkylation sites (tertiary alicyclic amines) is 1. The zero-order chi connectivity index (χ0) is 19.5. The Morgan fingerprint density at radius 2 is 2.07 bits per heavy atom. The van der Waals surface area contributed by atoms with E-state index in [1.54, 1.807) is 18.7 Å². The van der Waals surface area contributed by atoms with Crippen molar-refractivity contribution in [3.8, 4) is 11.1 Å². The van der Waals surface area contributed by atoms with Crippen LogP contribution in [0.4, 0.5) is 0 Å². The fraction of sp³-hybridized carbons (Fsp3) is 0.381. The minimum Gasteiger partial charge on any atom is -0.338 e. The Labute approximate surface area is 164 Å². The van der Waals surface area contributed by atoms with Gasteiger partial charge in [0.25, 0.3) is 5.91 Å². The summed E-state index contributed by atoms with van der Waals surface area (Å²) in [4.78, 5) is 28.0. The Morgan fingerprint density at radius 3 is 2.82 bits per heavy atom. The van der Waals surface area contributed by atoms with Crippen molar-refractivity contribution in [2.24, 2.45) is 0 Å². The van der Waals surface area contributed by atoms with E-state index < -0.39 is 0 Å². The molecule has 0 N–H and O–H groups in total. The normalized spacial score (nSPS) is 16.9. The standard InChI is InChI=1S/C21H24N6O/c1-3-27-13-19(15(2)25-27)21(28)26-10-4-5-17(12-26)20-18(11-23-14-24-20)16-6-8-22-9-7-16/h6-9,11,13-14,17H,3-5,10,12H2,1-2H3/t17-/m1/s1. The number of carbonyl (C=O) groups is 1. The number of piperidine rings is 1. The fourth-order valence-corrected chi connectivity index (χ4v) is 3.86. The third-order valence-electron chi connectivity index (χ3n) is 5.33. The van der Waals surface area contributed by atoms with Crippen LogP contribution in [0, 0.1) is 6.92 Å². The maximum atomic E-state index is 13.1. The van der Waals surface area contributed by atoms with Gasteiger partial charge in [-0.3, -0.25) is 14.5 Å². The highest BCUT2D eigenvalue weighted by Crippen LogP contribution is 2.32. The topological polar surface area (TPSA) is 76.8 Å². The molecule has 144 valence electrons. The summed E-state index contributed by atoms with van der Waals surface area (Å²) >= 11 is 0. The molecule has 4 rings (SSSR count). The van der Waals surface area contributed by atoms with Gasteiger partial charge in [-0.2, -0.15) is 5.10 Å². The number of aryl methyl sites for hydroxylation is 2. The maximum absolute atomic E-state index is 13.1. The molecule has 1 saturated heterocycles. The average molecular weight is 376 g/mol. The van der Waals surface area contributed by atoms with Gasteiger partial charge in [-0.25, -0.2) is 9.97 Å². The molecule has 0 spiro atoms. The zero-order valence-electron chi connectivity index (χ0n) is 16.2. The van der Waals surface area contributed by atoms with E-state index in [1.807, 2.05) is 48.0 Å². The van der Waals surface area contributed by atoms with E-state index in [-0.39, 0.29) is 11.8 Å². The molecule has 3 aromatic rings. The first-order valence-corrected chi connectivity index (χ1v) is 9.71. The Morgan fingerprint density at radius 1 is 1.25 bits per heavy atom. The molecule has 4 heterocycles. The summed E-state index contributed by atoms with van der Waals surface area (Å²) in [5.74, 6) is 0.242. The van der Waals surface area contributed by atoms with Gasteiger partial charge >= 0.3 is 0 Å². The van der Waals surface area contributed by atoms with Crippen molar-refractivity contribution in [2.75, 3.05) is 13.1 Å². The first kappa shape index (κ1) is 18.3. The van der Waals surface area contributed by atoms with Crippen molar-refractivity contribution in [2.45, 2.75) is 39.2 Å². The second kappa shape index (κ2) is 7.88. The second-order valence-corrected chi connectivity index (χ2v) is 7.13. The molecule has 7 nitrogen and oxygen atoms in total. The van der Waals surface area contributed by atoms with Crippen LogP contribution in [0.1, 0.15) is 47.4 Å². The summed E-state index contributed by atoms with van der Waals surface area (Å²) < 4.78 is 1.82. The molecule has 1 aliphatic rings. The molecule has 0 saturated carbocycles. The SMILES string of the molecule is CCn1cc(C(=O)N2CCC[C@@H](c3ncncc3-c3ccncc3)C2)c(C)n1. The average Bonchev–Trinajstić information content (AvgIpc) is 3.14. The van der Waals surface area contributed by atoms with Gasteiger partial charge in [0.2, 0.25) is 0 Å². The minimum absolute atomic E-state index is 0.0569. The lowest BCUT2D eigenvalue weighted by Gasteiger charge is -2.33. The second-order valence-electron chi connectivity index (χ2n) is 7.13. The van der Waals surface area contributed by atoms with E-state index in [2.05, 4.69) is 20.1 Å². The van der Waals surface area contributed by atoms with Gasteiger partial charge in [-0.05, 0) is 44.4 Å². The molecule has 28 heavy (non-hydrogen) atoms. The van der Waals surface area contributed by atoms with Crippen LogP contribution in [0.3, 0.4) is 0 Å². The first-order chi connectivity index (χ1) is 13.7. The number of rotatable bonds is 4. The number of amides is 1. The number of hydrogen-bond acceptors (Lipinski definition) is 5. The highest BCUT2D eigenvalue weighted by atomic mass is 16.2. The van der Waals surface area contributed by atoms with Crippen LogP contribution in [0.5, 0.6) is 0 Å². The van der Waals surface area contributed by atoms with Crippen molar-refractivity contribution in [1.29, 1.82) is 0 Å². The highest BCUT2D eigenvalue weighted by Gasteiger charge is 2.29. The van der Waals surface area contributed by atoms with E-state index in [4.69, 9.17) is 0 Å². The van der Waals surface area contributed by atoms with Crippen molar-refractivity contribution < 1.29 is 4.79 Å². The van der Waals surface area contributed by atoms with Crippen LogP contribution in [-0.4, -0.2) is 48.6 Å². The Kier molecular flexibility index (Phi) is 5.14. The molecule has 1 aliphatic heterocycles. The molecule has 1 fully saturated rings. The smallest absolute Gasteiger partial charge is 0.257 e. The molecule has 1 amide bonds. The van der Waals surface area contributed by atoms with E-state index in [0.717, 1.165) is 48.4 Å². The summed E-state index contributed by atoms with van der Waals surface area (Å²) in [6.45, 7) is 6.10. The first-order valence-electron chi connectivity index (χ1n) is 9.71. The maximum Gasteiger partial charge on any atom is 0.257 e. The summed E-state index contributed by atoms with van der Waals surface area (Å²) in [6, 6.07) is 3.94. The third-order valence-corrected chi connectivity index (χ3v) is 5.33. The van der Waals surface area contributed by atoms with Crippen LogP contribution in [-0.2, 0) is 6.54 Å². The molecule has 3 aromatic heterocycles. The van der Waals surface area contributed by atoms with E-state index >= 15 is 0 Å².